The fourth-order valence-electron chi connectivity index (χ4n) is 3.91. The fraction of sp³-hybridized carbons (Fsp3) is 0.737. The number of aromatic nitrogens is 2. The van der Waals surface area contributed by atoms with Crippen LogP contribution in [0, 0.1) is 6.92 Å². The molecular weight excluding hydrogens is 300 g/mol. The Morgan fingerprint density at radius 1 is 1.08 bits per heavy atom. The van der Waals surface area contributed by atoms with E-state index >= 15 is 0 Å². The van der Waals surface area contributed by atoms with Crippen LogP contribution in [0.4, 0.5) is 5.95 Å². The molecule has 0 radical (unpaired) electrons. The lowest BCUT2D eigenvalue weighted by Crippen LogP contribution is -2.41. The Kier molecular flexibility index (Phi) is 5.69. The summed E-state index contributed by atoms with van der Waals surface area (Å²) in [4.78, 5) is 26.5. The molecule has 2 aliphatic heterocycles. The van der Waals surface area contributed by atoms with Gasteiger partial charge in [0.05, 0.1) is 0 Å². The van der Waals surface area contributed by atoms with Crippen LogP contribution in [0.15, 0.2) is 6.07 Å². The van der Waals surface area contributed by atoms with Gasteiger partial charge in [-0.25, -0.2) is 9.97 Å². The van der Waals surface area contributed by atoms with Crippen LogP contribution in [0.1, 0.15) is 74.5 Å². The van der Waals surface area contributed by atoms with Crippen LogP contribution >= 0.6 is 0 Å². The summed E-state index contributed by atoms with van der Waals surface area (Å²) in [5.74, 6) is 0.827. The first-order valence-corrected chi connectivity index (χ1v) is 9.60. The Morgan fingerprint density at radius 2 is 1.79 bits per heavy atom. The number of carbonyl (C=O) groups excluding carboxylic acids is 1. The number of nitrogens with zero attached hydrogens (tertiary/aromatic N) is 4. The zero-order valence-corrected chi connectivity index (χ0v) is 15.1. The van der Waals surface area contributed by atoms with E-state index in [4.69, 9.17) is 0 Å². The smallest absolute Gasteiger partial charge is 0.272 e. The molecule has 1 unspecified atom stereocenters. The molecule has 2 fully saturated rings. The maximum atomic E-state index is 12.9. The van der Waals surface area contributed by atoms with Gasteiger partial charge in [0.1, 0.15) is 5.69 Å². The predicted octanol–water partition coefficient (Wildman–Crippen LogP) is 3.57. The van der Waals surface area contributed by atoms with Gasteiger partial charge in [-0.05, 0) is 51.5 Å². The molecule has 5 heteroatoms. The minimum Gasteiger partial charge on any atom is -0.338 e. The van der Waals surface area contributed by atoms with E-state index in [2.05, 4.69) is 21.8 Å². The lowest BCUT2D eigenvalue weighted by atomic mass is 10.0. The molecule has 24 heavy (non-hydrogen) atoms. The van der Waals surface area contributed by atoms with Gasteiger partial charge in [0.15, 0.2) is 0 Å². The molecule has 2 aliphatic rings. The van der Waals surface area contributed by atoms with Crippen molar-refractivity contribution < 1.29 is 4.79 Å². The number of rotatable bonds is 3. The molecule has 0 bridgehead atoms. The van der Waals surface area contributed by atoms with Crippen molar-refractivity contribution in [1.29, 1.82) is 0 Å². The number of anilines is 1. The highest BCUT2D eigenvalue weighted by Crippen LogP contribution is 2.24. The van der Waals surface area contributed by atoms with E-state index < -0.39 is 0 Å². The van der Waals surface area contributed by atoms with E-state index in [0.717, 1.165) is 50.5 Å². The molecule has 2 saturated heterocycles. The molecule has 0 aliphatic carbocycles. The van der Waals surface area contributed by atoms with E-state index in [1.165, 1.54) is 32.1 Å². The van der Waals surface area contributed by atoms with Gasteiger partial charge in [-0.15, -0.1) is 0 Å². The van der Waals surface area contributed by atoms with Gasteiger partial charge < -0.3 is 9.80 Å². The van der Waals surface area contributed by atoms with Crippen molar-refractivity contribution >= 4 is 11.9 Å². The summed E-state index contributed by atoms with van der Waals surface area (Å²) in [5.41, 5.74) is 1.46. The van der Waals surface area contributed by atoms with E-state index in [0.29, 0.717) is 11.7 Å². The molecule has 0 saturated carbocycles. The van der Waals surface area contributed by atoms with E-state index in [9.17, 15) is 4.79 Å². The second-order valence-electron chi connectivity index (χ2n) is 7.15. The third kappa shape index (κ3) is 3.87. The number of aryl methyl sites for hydroxylation is 1. The van der Waals surface area contributed by atoms with Crippen LogP contribution in [0.3, 0.4) is 0 Å². The lowest BCUT2D eigenvalue weighted by molar-refractivity contribution is 0.0755. The van der Waals surface area contributed by atoms with Crippen LogP contribution in [0.25, 0.3) is 0 Å². The Labute approximate surface area is 145 Å². The minimum absolute atomic E-state index is 0.0775. The highest BCUT2D eigenvalue weighted by molar-refractivity contribution is 5.92. The van der Waals surface area contributed by atoms with Crippen molar-refractivity contribution in [2.45, 2.75) is 71.3 Å². The van der Waals surface area contributed by atoms with Gasteiger partial charge in [0.25, 0.3) is 5.91 Å². The average molecular weight is 330 g/mol. The highest BCUT2D eigenvalue weighted by atomic mass is 16.2. The Balaban J connectivity index is 1.83. The van der Waals surface area contributed by atoms with Crippen LogP contribution < -0.4 is 4.90 Å². The van der Waals surface area contributed by atoms with Crippen molar-refractivity contribution in [1.82, 2.24) is 14.9 Å². The molecule has 0 aromatic carbocycles. The summed E-state index contributed by atoms with van der Waals surface area (Å²) in [6.07, 6.45) is 9.42. The zero-order valence-electron chi connectivity index (χ0n) is 15.1. The first kappa shape index (κ1) is 17.2. The van der Waals surface area contributed by atoms with E-state index in [-0.39, 0.29) is 5.91 Å². The van der Waals surface area contributed by atoms with Crippen LogP contribution in [0.2, 0.25) is 0 Å². The largest absolute Gasteiger partial charge is 0.338 e. The zero-order chi connectivity index (χ0) is 16.9. The van der Waals surface area contributed by atoms with Gasteiger partial charge in [0, 0.05) is 31.4 Å². The van der Waals surface area contributed by atoms with Crippen LogP contribution in [-0.4, -0.2) is 46.5 Å². The summed E-state index contributed by atoms with van der Waals surface area (Å²) in [6, 6.07) is 2.35. The maximum absolute atomic E-state index is 12.9. The molecule has 1 aromatic heterocycles. The number of hydrogen-bond acceptors (Lipinski definition) is 4. The summed E-state index contributed by atoms with van der Waals surface area (Å²) in [5, 5.41) is 0. The number of likely N-dealkylation sites (tertiary alicyclic amines) is 1. The lowest BCUT2D eigenvalue weighted by Gasteiger charge is -2.35. The summed E-state index contributed by atoms with van der Waals surface area (Å²) in [7, 11) is 0. The number of piperidine rings is 1. The topological polar surface area (TPSA) is 49.3 Å². The van der Waals surface area contributed by atoms with Gasteiger partial charge in [-0.3, -0.25) is 4.79 Å². The fourth-order valence-corrected chi connectivity index (χ4v) is 3.91. The van der Waals surface area contributed by atoms with E-state index in [1.54, 1.807) is 0 Å². The van der Waals surface area contributed by atoms with Crippen molar-refractivity contribution in [2.24, 2.45) is 0 Å². The molecule has 5 nitrogen and oxygen atoms in total. The Hall–Kier alpha value is -1.65. The van der Waals surface area contributed by atoms with Crippen LogP contribution in [0.5, 0.6) is 0 Å². The summed E-state index contributed by atoms with van der Waals surface area (Å²) < 4.78 is 0. The van der Waals surface area contributed by atoms with Crippen LogP contribution in [-0.2, 0) is 0 Å². The average Bonchev–Trinajstić information content (AvgIpc) is 2.90. The summed E-state index contributed by atoms with van der Waals surface area (Å²) >= 11 is 0. The second kappa shape index (κ2) is 7.95. The molecule has 3 heterocycles. The van der Waals surface area contributed by atoms with Crippen molar-refractivity contribution in [3.63, 3.8) is 0 Å². The van der Waals surface area contributed by atoms with Gasteiger partial charge in [0.2, 0.25) is 5.95 Å². The summed E-state index contributed by atoms with van der Waals surface area (Å²) in [6.45, 7) is 6.91. The quantitative estimate of drug-likeness (QED) is 0.850. The molecule has 0 spiro atoms. The third-order valence-corrected chi connectivity index (χ3v) is 5.31. The highest BCUT2D eigenvalue weighted by Gasteiger charge is 2.25. The predicted molar refractivity (Wildman–Crippen MR) is 96.4 cm³/mol. The standard InChI is InChI=1S/C19H30N4O/c1-3-16-10-6-9-13-23(16)19-20-15(2)14-17(21-19)18(24)22-11-7-4-5-8-12-22/h14,16H,3-13H2,1-2H3. The molecule has 1 amide bonds. The SMILES string of the molecule is CCC1CCCCN1c1nc(C)cc(C(=O)N2CCCCCC2)n1. The van der Waals surface area contributed by atoms with Gasteiger partial charge >= 0.3 is 0 Å². The Bertz CT molecular complexity index is 566. The van der Waals surface area contributed by atoms with E-state index in [1.807, 2.05) is 17.9 Å². The third-order valence-electron chi connectivity index (χ3n) is 5.31. The Morgan fingerprint density at radius 3 is 2.50 bits per heavy atom. The molecule has 1 aromatic rings. The minimum atomic E-state index is 0.0775. The van der Waals surface area contributed by atoms with Crippen molar-refractivity contribution in [3.8, 4) is 0 Å². The first-order chi connectivity index (χ1) is 11.7. The molecule has 1 atom stereocenters. The van der Waals surface area contributed by atoms with Crippen molar-refractivity contribution in [2.75, 3.05) is 24.5 Å². The van der Waals surface area contributed by atoms with Crippen molar-refractivity contribution in [3.05, 3.63) is 17.5 Å². The number of amides is 1. The number of hydrogen-bond donors (Lipinski definition) is 0. The first-order valence-electron chi connectivity index (χ1n) is 9.60. The molecular formula is C19H30N4O. The normalized spacial score (nSPS) is 22.3. The van der Waals surface area contributed by atoms with Gasteiger partial charge in [-0.2, -0.15) is 0 Å². The molecule has 132 valence electrons. The maximum Gasteiger partial charge on any atom is 0.272 e. The monoisotopic (exact) mass is 330 g/mol. The number of carbonyl (C=O) groups is 1. The molecule has 0 N–H and O–H groups in total. The second-order valence-corrected chi connectivity index (χ2v) is 7.15. The molecule has 3 rings (SSSR count). The van der Waals surface area contributed by atoms with Gasteiger partial charge in [-0.1, -0.05) is 19.8 Å².